The van der Waals surface area contributed by atoms with Crippen LogP contribution in [0.15, 0.2) is 18.2 Å². The lowest BCUT2D eigenvalue weighted by Crippen LogP contribution is -2.30. The van der Waals surface area contributed by atoms with Gasteiger partial charge in [0.15, 0.2) is 0 Å². The van der Waals surface area contributed by atoms with Crippen LogP contribution in [0.25, 0.3) is 0 Å². The third-order valence-electron chi connectivity index (χ3n) is 2.01. The standard InChI is InChI=1S/C10H14Cl2N2O2S/c1-17(15,16)14-6-5-13-7-8-3-2-4-9(11)10(8)12/h2-4,13-14H,5-7H2,1H3. The second-order valence-corrected chi connectivity index (χ2v) is 6.17. The van der Waals surface area contributed by atoms with Crippen LogP contribution < -0.4 is 10.0 Å². The highest BCUT2D eigenvalue weighted by molar-refractivity contribution is 7.88. The van der Waals surface area contributed by atoms with Crippen molar-refractivity contribution in [1.82, 2.24) is 10.0 Å². The normalized spacial score (nSPS) is 11.7. The van der Waals surface area contributed by atoms with E-state index in [2.05, 4.69) is 10.0 Å². The molecule has 0 radical (unpaired) electrons. The Hall–Kier alpha value is -0.330. The Labute approximate surface area is 111 Å². The van der Waals surface area contributed by atoms with Crippen LogP contribution in [0, 0.1) is 0 Å². The summed E-state index contributed by atoms with van der Waals surface area (Å²) in [5.74, 6) is 0. The van der Waals surface area contributed by atoms with Gasteiger partial charge in [0.05, 0.1) is 16.3 Å². The van der Waals surface area contributed by atoms with Gasteiger partial charge in [-0.3, -0.25) is 0 Å². The molecule has 1 rings (SSSR count). The number of rotatable bonds is 6. The summed E-state index contributed by atoms with van der Waals surface area (Å²) in [6, 6.07) is 5.41. The fourth-order valence-corrected chi connectivity index (χ4v) is 2.09. The fraction of sp³-hybridized carbons (Fsp3) is 0.400. The predicted octanol–water partition coefficient (Wildman–Crippen LogP) is 1.63. The van der Waals surface area contributed by atoms with Gasteiger partial charge in [-0.2, -0.15) is 0 Å². The molecule has 0 heterocycles. The quantitative estimate of drug-likeness (QED) is 0.785. The maximum absolute atomic E-state index is 10.8. The summed E-state index contributed by atoms with van der Waals surface area (Å²) in [6.45, 7) is 1.41. The summed E-state index contributed by atoms with van der Waals surface area (Å²) in [4.78, 5) is 0. The van der Waals surface area contributed by atoms with Crippen molar-refractivity contribution in [3.05, 3.63) is 33.8 Å². The SMILES string of the molecule is CS(=O)(=O)NCCNCc1cccc(Cl)c1Cl. The highest BCUT2D eigenvalue weighted by Crippen LogP contribution is 2.25. The average molecular weight is 297 g/mol. The molecule has 0 atom stereocenters. The molecule has 0 aliphatic rings. The zero-order chi connectivity index (χ0) is 12.9. The molecule has 0 saturated carbocycles. The van der Waals surface area contributed by atoms with Crippen molar-refractivity contribution in [2.75, 3.05) is 19.3 Å². The Morgan fingerprint density at radius 1 is 1.24 bits per heavy atom. The van der Waals surface area contributed by atoms with Crippen LogP contribution in [0.3, 0.4) is 0 Å². The van der Waals surface area contributed by atoms with Crippen LogP contribution in [0.1, 0.15) is 5.56 Å². The van der Waals surface area contributed by atoms with Crippen molar-refractivity contribution in [2.45, 2.75) is 6.54 Å². The lowest BCUT2D eigenvalue weighted by molar-refractivity contribution is 0.582. The first-order valence-electron chi connectivity index (χ1n) is 4.98. The van der Waals surface area contributed by atoms with Gasteiger partial charge in [-0.1, -0.05) is 35.3 Å². The summed E-state index contributed by atoms with van der Waals surface area (Å²) < 4.78 is 24.0. The van der Waals surface area contributed by atoms with Gasteiger partial charge < -0.3 is 5.32 Å². The maximum atomic E-state index is 10.8. The highest BCUT2D eigenvalue weighted by Gasteiger charge is 2.03. The number of hydrogen-bond donors (Lipinski definition) is 2. The molecule has 1 aromatic rings. The topological polar surface area (TPSA) is 58.2 Å². The van der Waals surface area contributed by atoms with E-state index in [1.54, 1.807) is 6.07 Å². The molecular weight excluding hydrogens is 283 g/mol. The van der Waals surface area contributed by atoms with E-state index < -0.39 is 10.0 Å². The molecule has 4 nitrogen and oxygen atoms in total. The summed E-state index contributed by atoms with van der Waals surface area (Å²) in [5, 5.41) is 4.11. The van der Waals surface area contributed by atoms with Crippen molar-refractivity contribution in [3.63, 3.8) is 0 Å². The van der Waals surface area contributed by atoms with Crippen LogP contribution in [0.4, 0.5) is 0 Å². The minimum atomic E-state index is -3.12. The molecule has 96 valence electrons. The predicted molar refractivity (Wildman–Crippen MR) is 71.0 cm³/mol. The van der Waals surface area contributed by atoms with Gasteiger partial charge in [0, 0.05) is 19.6 Å². The highest BCUT2D eigenvalue weighted by atomic mass is 35.5. The van der Waals surface area contributed by atoms with Crippen LogP contribution >= 0.6 is 23.2 Å². The Morgan fingerprint density at radius 3 is 2.59 bits per heavy atom. The Kier molecular flexibility index (Phi) is 5.69. The van der Waals surface area contributed by atoms with Crippen molar-refractivity contribution in [1.29, 1.82) is 0 Å². The monoisotopic (exact) mass is 296 g/mol. The third kappa shape index (κ3) is 5.70. The zero-order valence-electron chi connectivity index (χ0n) is 9.33. The first-order valence-corrected chi connectivity index (χ1v) is 7.63. The molecule has 0 aliphatic heterocycles. The van der Waals surface area contributed by atoms with Crippen molar-refractivity contribution in [3.8, 4) is 0 Å². The van der Waals surface area contributed by atoms with E-state index in [-0.39, 0.29) is 0 Å². The minimum Gasteiger partial charge on any atom is -0.311 e. The second-order valence-electron chi connectivity index (χ2n) is 3.56. The zero-order valence-corrected chi connectivity index (χ0v) is 11.7. The molecule has 0 aliphatic carbocycles. The first kappa shape index (κ1) is 14.7. The number of sulfonamides is 1. The molecular formula is C10H14Cl2N2O2S. The second kappa shape index (κ2) is 6.56. The number of nitrogens with one attached hydrogen (secondary N) is 2. The van der Waals surface area contributed by atoms with Crippen molar-refractivity contribution in [2.24, 2.45) is 0 Å². The molecule has 0 unspecified atom stereocenters. The average Bonchev–Trinajstić information content (AvgIpc) is 2.22. The van der Waals surface area contributed by atoms with Gasteiger partial charge in [0.25, 0.3) is 0 Å². The molecule has 0 saturated heterocycles. The number of hydrogen-bond acceptors (Lipinski definition) is 3. The van der Waals surface area contributed by atoms with E-state index in [9.17, 15) is 8.42 Å². The van der Waals surface area contributed by atoms with E-state index in [0.29, 0.717) is 29.7 Å². The lowest BCUT2D eigenvalue weighted by atomic mass is 10.2. The summed E-state index contributed by atoms with van der Waals surface area (Å²) >= 11 is 11.9. The first-order chi connectivity index (χ1) is 7.90. The lowest BCUT2D eigenvalue weighted by Gasteiger charge is -2.07. The molecule has 0 aromatic heterocycles. The molecule has 0 fully saturated rings. The van der Waals surface area contributed by atoms with Gasteiger partial charge in [-0.25, -0.2) is 13.1 Å². The van der Waals surface area contributed by atoms with Crippen LogP contribution in [0.2, 0.25) is 10.0 Å². The van der Waals surface area contributed by atoms with Gasteiger partial charge in [-0.05, 0) is 11.6 Å². The van der Waals surface area contributed by atoms with E-state index in [1.807, 2.05) is 12.1 Å². The van der Waals surface area contributed by atoms with Gasteiger partial charge in [-0.15, -0.1) is 0 Å². The minimum absolute atomic E-state index is 0.344. The Balaban J connectivity index is 2.34. The van der Waals surface area contributed by atoms with Crippen LogP contribution in [-0.4, -0.2) is 27.8 Å². The van der Waals surface area contributed by atoms with E-state index >= 15 is 0 Å². The maximum Gasteiger partial charge on any atom is 0.208 e. The van der Waals surface area contributed by atoms with Crippen LogP contribution in [-0.2, 0) is 16.6 Å². The molecule has 0 spiro atoms. The van der Waals surface area contributed by atoms with Gasteiger partial charge in [0.1, 0.15) is 0 Å². The molecule has 0 amide bonds. The summed E-state index contributed by atoms with van der Waals surface area (Å²) in [6.07, 6.45) is 1.13. The largest absolute Gasteiger partial charge is 0.311 e. The molecule has 2 N–H and O–H groups in total. The molecule has 7 heteroatoms. The smallest absolute Gasteiger partial charge is 0.208 e. The van der Waals surface area contributed by atoms with Gasteiger partial charge in [0.2, 0.25) is 10.0 Å². The van der Waals surface area contributed by atoms with Crippen LogP contribution in [0.5, 0.6) is 0 Å². The van der Waals surface area contributed by atoms with Crippen molar-refractivity contribution < 1.29 is 8.42 Å². The number of halogens is 2. The Bertz CT molecular complexity index is 477. The van der Waals surface area contributed by atoms with Gasteiger partial charge >= 0.3 is 0 Å². The summed E-state index contributed by atoms with van der Waals surface area (Å²) in [7, 11) is -3.12. The Morgan fingerprint density at radius 2 is 1.94 bits per heavy atom. The van der Waals surface area contributed by atoms with E-state index in [0.717, 1.165) is 11.8 Å². The summed E-state index contributed by atoms with van der Waals surface area (Å²) in [5.41, 5.74) is 0.888. The third-order valence-corrected chi connectivity index (χ3v) is 3.60. The molecule has 17 heavy (non-hydrogen) atoms. The van der Waals surface area contributed by atoms with E-state index in [4.69, 9.17) is 23.2 Å². The molecule has 0 bridgehead atoms. The molecule has 1 aromatic carbocycles. The number of benzene rings is 1. The van der Waals surface area contributed by atoms with Crippen molar-refractivity contribution >= 4 is 33.2 Å². The fourth-order valence-electron chi connectivity index (χ4n) is 1.23. The van der Waals surface area contributed by atoms with E-state index in [1.165, 1.54) is 0 Å².